The van der Waals surface area contributed by atoms with Gasteiger partial charge in [0.15, 0.2) is 0 Å². The molecule has 0 N–H and O–H groups in total. The summed E-state index contributed by atoms with van der Waals surface area (Å²) in [6, 6.07) is 21.3. The number of hydrogen-bond donors (Lipinski definition) is 0. The number of halogens is 1. The highest BCUT2D eigenvalue weighted by Crippen LogP contribution is 2.49. The van der Waals surface area contributed by atoms with Crippen LogP contribution in [0.4, 0.5) is 5.69 Å². The number of carbonyl (C=O) groups excluding carboxylic acids is 2. The van der Waals surface area contributed by atoms with Crippen molar-refractivity contribution >= 4 is 44.2 Å². The fraction of sp³-hybridized carbons (Fsp3) is 0.250. The van der Waals surface area contributed by atoms with Crippen molar-refractivity contribution in [3.05, 3.63) is 76.8 Å². The molecule has 3 aromatic carbocycles. The molecule has 0 aromatic heterocycles. The van der Waals surface area contributed by atoms with E-state index in [1.807, 2.05) is 54.6 Å². The summed E-state index contributed by atoms with van der Waals surface area (Å²) in [6.07, 6.45) is 1.01. The van der Waals surface area contributed by atoms with Crippen LogP contribution < -0.4 is 4.90 Å². The lowest BCUT2D eigenvalue weighted by molar-refractivity contribution is -0.126. The van der Waals surface area contributed by atoms with E-state index in [9.17, 15) is 9.59 Å². The highest BCUT2D eigenvalue weighted by Gasteiger charge is 2.62. The van der Waals surface area contributed by atoms with E-state index < -0.39 is 12.0 Å². The molecule has 3 unspecified atom stereocenters. The molecular weight excluding hydrogens is 442 g/mol. The topological polar surface area (TPSA) is 43.9 Å². The van der Waals surface area contributed by atoms with Gasteiger partial charge < -0.3 is 0 Å². The van der Waals surface area contributed by atoms with E-state index in [0.717, 1.165) is 40.3 Å². The maximum Gasteiger partial charge on any atom is 0.253 e. The molecule has 3 aliphatic heterocycles. The van der Waals surface area contributed by atoms with Crippen LogP contribution in [0, 0.1) is 5.92 Å². The van der Waals surface area contributed by atoms with E-state index >= 15 is 0 Å². The Hall–Kier alpha value is -2.54. The number of fused-ring (bicyclic) bond motifs is 4. The molecule has 0 spiro atoms. The minimum Gasteiger partial charge on any atom is -0.274 e. The second-order valence-corrected chi connectivity index (χ2v) is 9.07. The van der Waals surface area contributed by atoms with Crippen molar-refractivity contribution in [3.8, 4) is 0 Å². The fourth-order valence-electron chi connectivity index (χ4n) is 5.41. The first-order valence-electron chi connectivity index (χ1n) is 10.3. The molecule has 0 bridgehead atoms. The first-order chi connectivity index (χ1) is 14.6. The molecule has 3 atom stereocenters. The van der Waals surface area contributed by atoms with Crippen molar-refractivity contribution in [1.29, 1.82) is 0 Å². The van der Waals surface area contributed by atoms with Crippen LogP contribution >= 0.6 is 15.9 Å². The Morgan fingerprint density at radius 2 is 1.47 bits per heavy atom. The molecule has 0 saturated carbocycles. The average molecular weight is 462 g/mol. The van der Waals surface area contributed by atoms with Crippen molar-refractivity contribution in [2.45, 2.75) is 18.5 Å². The first-order valence-corrected chi connectivity index (χ1v) is 11.1. The Kier molecular flexibility index (Phi) is 4.10. The molecule has 2 amide bonds. The summed E-state index contributed by atoms with van der Waals surface area (Å²) < 4.78 is 1.00. The summed E-state index contributed by atoms with van der Waals surface area (Å²) >= 11 is 3.50. The van der Waals surface area contributed by atoms with Gasteiger partial charge in [-0.25, -0.2) is 14.9 Å². The summed E-state index contributed by atoms with van der Waals surface area (Å²) in [7, 11) is 0. The van der Waals surface area contributed by atoms with E-state index in [2.05, 4.69) is 38.1 Å². The number of amides is 2. The number of nitrogens with zero attached hydrogens (tertiary/aromatic N) is 3. The summed E-state index contributed by atoms with van der Waals surface area (Å²) in [5.41, 5.74) is 1.77. The van der Waals surface area contributed by atoms with Gasteiger partial charge in [-0.05, 0) is 35.6 Å². The molecule has 3 fully saturated rings. The van der Waals surface area contributed by atoms with Crippen LogP contribution in [0.1, 0.15) is 18.0 Å². The molecule has 5 nitrogen and oxygen atoms in total. The van der Waals surface area contributed by atoms with Crippen LogP contribution in [-0.2, 0) is 9.59 Å². The Labute approximate surface area is 183 Å². The van der Waals surface area contributed by atoms with Crippen LogP contribution in [0.3, 0.4) is 0 Å². The van der Waals surface area contributed by atoms with E-state index in [0.29, 0.717) is 5.69 Å². The van der Waals surface area contributed by atoms with Crippen molar-refractivity contribution in [2.75, 3.05) is 18.0 Å². The lowest BCUT2D eigenvalue weighted by atomic mass is 9.90. The maximum absolute atomic E-state index is 13.8. The van der Waals surface area contributed by atoms with Gasteiger partial charge in [-0.3, -0.25) is 9.59 Å². The number of anilines is 1. The van der Waals surface area contributed by atoms with Gasteiger partial charge in [-0.1, -0.05) is 64.5 Å². The molecule has 3 saturated heterocycles. The van der Waals surface area contributed by atoms with Gasteiger partial charge in [0, 0.05) is 22.9 Å². The highest BCUT2D eigenvalue weighted by molar-refractivity contribution is 9.10. The predicted molar refractivity (Wildman–Crippen MR) is 119 cm³/mol. The summed E-state index contributed by atoms with van der Waals surface area (Å²) in [5.74, 6) is -0.588. The van der Waals surface area contributed by atoms with E-state index in [-0.39, 0.29) is 17.9 Å². The smallest absolute Gasteiger partial charge is 0.253 e. The summed E-state index contributed by atoms with van der Waals surface area (Å²) in [5, 5.41) is 6.34. The maximum atomic E-state index is 13.8. The molecule has 6 heteroatoms. The van der Waals surface area contributed by atoms with Gasteiger partial charge in [-0.2, -0.15) is 0 Å². The molecule has 150 valence electrons. The lowest BCUT2D eigenvalue weighted by Crippen LogP contribution is -2.44. The Morgan fingerprint density at radius 1 is 0.767 bits per heavy atom. The third-order valence-electron chi connectivity index (χ3n) is 6.62. The van der Waals surface area contributed by atoms with Gasteiger partial charge in [0.25, 0.3) is 5.91 Å². The minimum absolute atomic E-state index is 0.0938. The molecule has 0 radical (unpaired) electrons. The average Bonchev–Trinajstić information content (AvgIpc) is 3.41. The van der Waals surface area contributed by atoms with Gasteiger partial charge in [0.1, 0.15) is 6.04 Å². The van der Waals surface area contributed by atoms with Crippen LogP contribution in [0.25, 0.3) is 10.8 Å². The van der Waals surface area contributed by atoms with Crippen LogP contribution in [-0.4, -0.2) is 41.0 Å². The van der Waals surface area contributed by atoms with Crippen molar-refractivity contribution in [2.24, 2.45) is 5.92 Å². The zero-order valence-electron chi connectivity index (χ0n) is 16.2. The second-order valence-electron chi connectivity index (χ2n) is 8.16. The van der Waals surface area contributed by atoms with Gasteiger partial charge in [0.05, 0.1) is 17.6 Å². The van der Waals surface area contributed by atoms with E-state index in [4.69, 9.17) is 0 Å². The van der Waals surface area contributed by atoms with E-state index in [1.165, 1.54) is 4.90 Å². The monoisotopic (exact) mass is 461 g/mol. The number of hydrogen-bond acceptors (Lipinski definition) is 4. The highest BCUT2D eigenvalue weighted by atomic mass is 79.9. The molecule has 6 rings (SSSR count). The zero-order chi connectivity index (χ0) is 20.4. The molecule has 3 aromatic rings. The minimum atomic E-state index is -0.424. The van der Waals surface area contributed by atoms with Crippen molar-refractivity contribution in [3.63, 3.8) is 0 Å². The Balaban J connectivity index is 1.48. The van der Waals surface area contributed by atoms with Crippen molar-refractivity contribution < 1.29 is 9.59 Å². The van der Waals surface area contributed by atoms with Crippen molar-refractivity contribution in [1.82, 2.24) is 10.0 Å². The van der Waals surface area contributed by atoms with Crippen LogP contribution in [0.15, 0.2) is 71.2 Å². The second kappa shape index (κ2) is 6.74. The van der Waals surface area contributed by atoms with Crippen LogP contribution in [0.5, 0.6) is 0 Å². The quantitative estimate of drug-likeness (QED) is 0.538. The lowest BCUT2D eigenvalue weighted by Gasteiger charge is -2.30. The number of benzene rings is 3. The molecular formula is C24H20BrN3O2. The number of hydrazine groups is 1. The number of imide groups is 1. The SMILES string of the molecule is O=C1C2C(C(=O)N1c1cccc3ccccc13)N1CCCN1C2c1ccc(Br)cc1. The Morgan fingerprint density at radius 3 is 2.27 bits per heavy atom. The van der Waals surface area contributed by atoms with Gasteiger partial charge in [-0.15, -0.1) is 0 Å². The number of carbonyl (C=O) groups is 2. The fourth-order valence-corrected chi connectivity index (χ4v) is 5.68. The standard InChI is InChI=1S/C24H20BrN3O2/c25-17-11-9-16(10-12-17)21-20-22(27-14-4-13-26(21)27)24(30)28(23(20)29)19-8-3-6-15-5-1-2-7-18(15)19/h1-3,5-12,20-22H,4,13-14H2. The molecule has 3 heterocycles. The third-order valence-corrected chi connectivity index (χ3v) is 7.15. The van der Waals surface area contributed by atoms with Crippen LogP contribution in [0.2, 0.25) is 0 Å². The first kappa shape index (κ1) is 18.2. The third kappa shape index (κ3) is 2.47. The number of rotatable bonds is 2. The predicted octanol–water partition coefficient (Wildman–Crippen LogP) is 4.14. The van der Waals surface area contributed by atoms with Gasteiger partial charge >= 0.3 is 0 Å². The Bertz CT molecular complexity index is 1170. The molecule has 30 heavy (non-hydrogen) atoms. The molecule has 0 aliphatic carbocycles. The largest absolute Gasteiger partial charge is 0.274 e. The summed E-state index contributed by atoms with van der Waals surface area (Å²) in [4.78, 5) is 28.9. The summed E-state index contributed by atoms with van der Waals surface area (Å²) in [6.45, 7) is 1.69. The van der Waals surface area contributed by atoms with Gasteiger partial charge in [0.2, 0.25) is 5.91 Å². The normalized spacial score (nSPS) is 26.6. The molecule has 3 aliphatic rings. The zero-order valence-corrected chi connectivity index (χ0v) is 17.8. The van der Waals surface area contributed by atoms with E-state index in [1.54, 1.807) is 0 Å².